The molecule has 7 nitrogen and oxygen atoms in total. The summed E-state index contributed by atoms with van der Waals surface area (Å²) in [7, 11) is 1.64. The van der Waals surface area contributed by atoms with Crippen LogP contribution in [0.5, 0.6) is 5.75 Å². The van der Waals surface area contributed by atoms with Crippen LogP contribution in [0.25, 0.3) is 21.6 Å². The number of thioether (sulfide) groups is 1. The van der Waals surface area contributed by atoms with Gasteiger partial charge < -0.3 is 9.72 Å². The first-order valence-corrected chi connectivity index (χ1v) is 11.1. The molecule has 0 fully saturated rings. The normalized spacial score (nSPS) is 11.2. The summed E-state index contributed by atoms with van der Waals surface area (Å²) in [5.74, 6) is 2.64. The first-order valence-electron chi connectivity index (χ1n) is 9.32. The van der Waals surface area contributed by atoms with E-state index >= 15 is 0 Å². The maximum atomic E-state index is 12.5. The Balaban J connectivity index is 1.62. The molecular formula is C21H21N5O2S2. The Kier molecular flexibility index (Phi) is 5.74. The molecule has 0 aliphatic carbocycles. The first kappa shape index (κ1) is 20.4. The van der Waals surface area contributed by atoms with Gasteiger partial charge in [0.25, 0.3) is 5.56 Å². The predicted octanol–water partition coefficient (Wildman–Crippen LogP) is 4.35. The van der Waals surface area contributed by atoms with Crippen molar-refractivity contribution >= 4 is 33.3 Å². The second kappa shape index (κ2) is 8.45. The number of aromatic nitrogens is 5. The Morgan fingerprint density at radius 1 is 1.27 bits per heavy atom. The van der Waals surface area contributed by atoms with E-state index < -0.39 is 0 Å². The SMILES string of the molecule is C=CCn1c(SCc2nc3sc(C)c(C)c3c(=O)[nH]2)nnc1-c1ccc(OC)cc1. The van der Waals surface area contributed by atoms with Crippen LogP contribution in [0.3, 0.4) is 0 Å². The van der Waals surface area contributed by atoms with Crippen LogP contribution >= 0.6 is 23.1 Å². The van der Waals surface area contributed by atoms with E-state index in [0.29, 0.717) is 23.5 Å². The minimum atomic E-state index is -0.0936. The van der Waals surface area contributed by atoms with E-state index in [1.165, 1.54) is 11.8 Å². The summed E-state index contributed by atoms with van der Waals surface area (Å²) < 4.78 is 7.22. The minimum absolute atomic E-state index is 0.0936. The number of hydrogen-bond donors (Lipinski definition) is 1. The molecule has 0 radical (unpaired) electrons. The molecule has 4 rings (SSSR count). The fourth-order valence-electron chi connectivity index (χ4n) is 3.14. The molecular weight excluding hydrogens is 418 g/mol. The second-order valence-corrected chi connectivity index (χ2v) is 8.84. The van der Waals surface area contributed by atoms with Crippen LogP contribution in [-0.4, -0.2) is 31.8 Å². The number of H-pyrrole nitrogens is 1. The van der Waals surface area contributed by atoms with Crippen molar-refractivity contribution in [1.82, 2.24) is 24.7 Å². The number of aromatic amines is 1. The standard InChI is InChI=1S/C21H21N5O2S2/c1-5-10-26-18(14-6-8-15(28-4)9-7-14)24-25-21(26)29-11-16-22-19(27)17-12(2)13(3)30-20(17)23-16/h5-9H,1,10-11H2,2-4H3,(H,22,23,27). The third kappa shape index (κ3) is 3.78. The Bertz CT molecular complexity index is 1270. The zero-order chi connectivity index (χ0) is 21.3. The number of nitrogens with one attached hydrogen (secondary N) is 1. The Morgan fingerprint density at radius 2 is 2.03 bits per heavy atom. The molecule has 4 aromatic rings. The molecule has 1 aromatic carbocycles. The number of aryl methyl sites for hydroxylation is 2. The quantitative estimate of drug-likeness (QED) is 0.340. The molecule has 0 amide bonds. The van der Waals surface area contributed by atoms with Gasteiger partial charge in [0.1, 0.15) is 16.4 Å². The van der Waals surface area contributed by atoms with Gasteiger partial charge in [-0.3, -0.25) is 9.36 Å². The Hall–Kier alpha value is -2.91. The molecule has 0 aliphatic rings. The zero-order valence-corrected chi connectivity index (χ0v) is 18.6. The lowest BCUT2D eigenvalue weighted by Gasteiger charge is -2.08. The molecule has 1 N–H and O–H groups in total. The molecule has 0 atom stereocenters. The first-order chi connectivity index (χ1) is 14.5. The smallest absolute Gasteiger partial charge is 0.259 e. The van der Waals surface area contributed by atoms with Crippen LogP contribution in [0.15, 0.2) is 46.9 Å². The third-order valence-electron chi connectivity index (χ3n) is 4.80. The van der Waals surface area contributed by atoms with Crippen molar-refractivity contribution in [1.29, 1.82) is 0 Å². The molecule has 3 heterocycles. The highest BCUT2D eigenvalue weighted by atomic mass is 32.2. The van der Waals surface area contributed by atoms with Crippen molar-refractivity contribution in [2.45, 2.75) is 31.3 Å². The molecule has 0 unspecified atom stereocenters. The zero-order valence-electron chi connectivity index (χ0n) is 16.9. The van der Waals surface area contributed by atoms with Gasteiger partial charge in [0.15, 0.2) is 11.0 Å². The van der Waals surface area contributed by atoms with E-state index in [0.717, 1.165) is 37.6 Å². The van der Waals surface area contributed by atoms with E-state index in [1.807, 2.05) is 48.8 Å². The lowest BCUT2D eigenvalue weighted by Crippen LogP contribution is -2.11. The number of methoxy groups -OCH3 is 1. The van der Waals surface area contributed by atoms with Crippen molar-refractivity contribution in [3.8, 4) is 17.1 Å². The summed E-state index contributed by atoms with van der Waals surface area (Å²) in [5, 5.41) is 10.1. The number of nitrogens with zero attached hydrogens (tertiary/aromatic N) is 4. The highest BCUT2D eigenvalue weighted by Crippen LogP contribution is 2.29. The van der Waals surface area contributed by atoms with Crippen LogP contribution < -0.4 is 10.3 Å². The monoisotopic (exact) mass is 439 g/mol. The summed E-state index contributed by atoms with van der Waals surface area (Å²) in [4.78, 5) is 21.9. The average Bonchev–Trinajstić information content (AvgIpc) is 3.27. The molecule has 3 aromatic heterocycles. The summed E-state index contributed by atoms with van der Waals surface area (Å²) in [6.45, 7) is 8.39. The number of fused-ring (bicyclic) bond motifs is 1. The lowest BCUT2D eigenvalue weighted by molar-refractivity contribution is 0.415. The highest BCUT2D eigenvalue weighted by molar-refractivity contribution is 7.98. The van der Waals surface area contributed by atoms with Crippen LogP contribution in [0.4, 0.5) is 0 Å². The summed E-state index contributed by atoms with van der Waals surface area (Å²) in [6.07, 6.45) is 1.81. The Labute approximate surface area is 181 Å². The van der Waals surface area contributed by atoms with Crippen LogP contribution in [0.2, 0.25) is 0 Å². The van der Waals surface area contributed by atoms with Gasteiger partial charge >= 0.3 is 0 Å². The summed E-state index contributed by atoms with van der Waals surface area (Å²) in [5.41, 5.74) is 1.84. The number of ether oxygens (including phenoxy) is 1. The number of thiophene rings is 1. The maximum absolute atomic E-state index is 12.5. The van der Waals surface area contributed by atoms with Crippen LogP contribution in [-0.2, 0) is 12.3 Å². The topological polar surface area (TPSA) is 85.7 Å². The number of rotatable bonds is 7. The lowest BCUT2D eigenvalue weighted by atomic mass is 10.2. The van der Waals surface area contributed by atoms with Gasteiger partial charge in [0.2, 0.25) is 0 Å². The molecule has 0 saturated carbocycles. The van der Waals surface area contributed by atoms with Crippen molar-refractivity contribution in [3.63, 3.8) is 0 Å². The van der Waals surface area contributed by atoms with E-state index in [2.05, 4.69) is 26.7 Å². The molecule has 0 spiro atoms. The van der Waals surface area contributed by atoms with Crippen molar-refractivity contribution in [2.24, 2.45) is 0 Å². The average molecular weight is 440 g/mol. The minimum Gasteiger partial charge on any atom is -0.497 e. The molecule has 0 bridgehead atoms. The van der Waals surface area contributed by atoms with E-state index in [4.69, 9.17) is 4.74 Å². The maximum Gasteiger partial charge on any atom is 0.259 e. The molecule has 30 heavy (non-hydrogen) atoms. The van der Waals surface area contributed by atoms with Crippen LogP contribution in [0, 0.1) is 13.8 Å². The van der Waals surface area contributed by atoms with Crippen molar-refractivity contribution in [2.75, 3.05) is 7.11 Å². The fourth-order valence-corrected chi connectivity index (χ4v) is 5.01. The molecule has 9 heteroatoms. The largest absolute Gasteiger partial charge is 0.497 e. The molecule has 0 saturated heterocycles. The van der Waals surface area contributed by atoms with E-state index in [-0.39, 0.29) is 5.56 Å². The number of hydrogen-bond acceptors (Lipinski definition) is 7. The van der Waals surface area contributed by atoms with Gasteiger partial charge in [-0.1, -0.05) is 17.8 Å². The number of benzene rings is 1. The third-order valence-corrected chi connectivity index (χ3v) is 6.88. The van der Waals surface area contributed by atoms with Crippen LogP contribution in [0.1, 0.15) is 16.3 Å². The van der Waals surface area contributed by atoms with Gasteiger partial charge in [-0.05, 0) is 43.7 Å². The van der Waals surface area contributed by atoms with Gasteiger partial charge in [0, 0.05) is 17.0 Å². The van der Waals surface area contributed by atoms with Gasteiger partial charge in [-0.15, -0.1) is 28.1 Å². The molecule has 0 aliphatic heterocycles. The number of allylic oxidation sites excluding steroid dienone is 1. The van der Waals surface area contributed by atoms with Gasteiger partial charge in [-0.25, -0.2) is 4.98 Å². The van der Waals surface area contributed by atoms with E-state index in [1.54, 1.807) is 18.4 Å². The predicted molar refractivity (Wildman–Crippen MR) is 121 cm³/mol. The fraction of sp³-hybridized carbons (Fsp3) is 0.238. The van der Waals surface area contributed by atoms with E-state index in [9.17, 15) is 4.79 Å². The van der Waals surface area contributed by atoms with Crippen molar-refractivity contribution < 1.29 is 4.74 Å². The second-order valence-electron chi connectivity index (χ2n) is 6.70. The van der Waals surface area contributed by atoms with Gasteiger partial charge in [0.05, 0.1) is 18.2 Å². The van der Waals surface area contributed by atoms with Gasteiger partial charge in [-0.2, -0.15) is 0 Å². The molecule has 154 valence electrons. The van der Waals surface area contributed by atoms with Crippen molar-refractivity contribution in [3.05, 3.63) is 63.5 Å². The highest BCUT2D eigenvalue weighted by Gasteiger charge is 2.16. The summed E-state index contributed by atoms with van der Waals surface area (Å²) >= 11 is 3.03. The summed E-state index contributed by atoms with van der Waals surface area (Å²) in [6, 6.07) is 7.69. The Morgan fingerprint density at radius 3 is 2.73 bits per heavy atom.